The zero-order valence-corrected chi connectivity index (χ0v) is 10.9. The monoisotopic (exact) mass is 242 g/mol. The number of methoxy groups -OCH3 is 1. The fraction of sp³-hybridized carbons (Fsp3) is 0.846. The van der Waals surface area contributed by atoms with Crippen LogP contribution in [0.4, 0.5) is 0 Å². The number of aliphatic carboxylic acids is 1. The molecule has 1 aliphatic rings. The molecule has 0 aromatic carbocycles. The maximum absolute atomic E-state index is 11.9. The zero-order chi connectivity index (χ0) is 13.1. The Hall–Kier alpha value is -0.900. The van der Waals surface area contributed by atoms with Crippen molar-refractivity contribution in [3.05, 3.63) is 0 Å². The third kappa shape index (κ3) is 3.06. The molecule has 1 rings (SSSR count). The average Bonchev–Trinajstić information content (AvgIpc) is 2.28. The van der Waals surface area contributed by atoms with Crippen LogP contribution in [-0.2, 0) is 14.3 Å². The molecule has 17 heavy (non-hydrogen) atoms. The number of ketones is 1. The van der Waals surface area contributed by atoms with Crippen molar-refractivity contribution in [2.45, 2.75) is 58.0 Å². The van der Waals surface area contributed by atoms with Crippen molar-refractivity contribution >= 4 is 11.8 Å². The first-order valence-corrected chi connectivity index (χ1v) is 6.16. The molecule has 1 fully saturated rings. The van der Waals surface area contributed by atoms with Gasteiger partial charge >= 0.3 is 5.97 Å². The molecule has 0 aliphatic heterocycles. The summed E-state index contributed by atoms with van der Waals surface area (Å²) >= 11 is 0. The molecule has 4 heteroatoms. The van der Waals surface area contributed by atoms with Gasteiger partial charge in [-0.05, 0) is 39.5 Å². The molecule has 1 atom stereocenters. The van der Waals surface area contributed by atoms with Gasteiger partial charge in [0, 0.05) is 13.5 Å². The number of Topliss-reactive ketones (excluding diaryl/α,β-unsaturated/α-hetero) is 1. The molecule has 0 aromatic rings. The predicted octanol–water partition coefficient (Wildman–Crippen LogP) is 2.41. The molecule has 0 aromatic heterocycles. The molecular weight excluding hydrogens is 220 g/mol. The van der Waals surface area contributed by atoms with Crippen LogP contribution in [0.1, 0.15) is 52.4 Å². The van der Waals surface area contributed by atoms with E-state index in [9.17, 15) is 14.7 Å². The van der Waals surface area contributed by atoms with Crippen molar-refractivity contribution in [2.75, 3.05) is 7.11 Å². The maximum Gasteiger partial charge on any atom is 0.317 e. The summed E-state index contributed by atoms with van der Waals surface area (Å²) in [6.07, 6.45) is 3.48. The van der Waals surface area contributed by atoms with Gasteiger partial charge in [0.1, 0.15) is 11.2 Å². The van der Waals surface area contributed by atoms with E-state index in [1.807, 2.05) is 13.8 Å². The summed E-state index contributed by atoms with van der Waals surface area (Å²) < 4.78 is 5.28. The minimum atomic E-state index is -1.16. The van der Waals surface area contributed by atoms with Gasteiger partial charge in [-0.1, -0.05) is 6.42 Å². The number of hydrogen-bond donors (Lipinski definition) is 1. The zero-order valence-electron chi connectivity index (χ0n) is 10.9. The van der Waals surface area contributed by atoms with Crippen LogP contribution < -0.4 is 0 Å². The number of hydrogen-bond acceptors (Lipinski definition) is 3. The number of carbonyl (C=O) groups excluding carboxylic acids is 1. The van der Waals surface area contributed by atoms with Crippen molar-refractivity contribution in [1.82, 2.24) is 0 Å². The van der Waals surface area contributed by atoms with Crippen LogP contribution in [0.3, 0.4) is 0 Å². The molecule has 1 saturated carbocycles. The van der Waals surface area contributed by atoms with E-state index < -0.39 is 11.4 Å². The van der Waals surface area contributed by atoms with Gasteiger partial charge in [-0.2, -0.15) is 0 Å². The van der Waals surface area contributed by atoms with Gasteiger partial charge in [0.2, 0.25) is 0 Å². The fourth-order valence-corrected chi connectivity index (χ4v) is 2.31. The summed E-state index contributed by atoms with van der Waals surface area (Å²) in [5, 5.41) is 9.37. The summed E-state index contributed by atoms with van der Waals surface area (Å²) in [6.45, 7) is 3.83. The molecule has 1 unspecified atom stereocenters. The Morgan fingerprint density at radius 2 is 2.12 bits per heavy atom. The van der Waals surface area contributed by atoms with Crippen LogP contribution in [0.2, 0.25) is 0 Å². The van der Waals surface area contributed by atoms with E-state index in [1.54, 1.807) is 7.11 Å². The van der Waals surface area contributed by atoms with Crippen LogP contribution in [-0.4, -0.2) is 29.6 Å². The molecule has 0 bridgehead atoms. The van der Waals surface area contributed by atoms with Crippen LogP contribution in [0, 0.1) is 5.41 Å². The molecular formula is C13H22O4. The van der Waals surface area contributed by atoms with Crippen LogP contribution in [0.15, 0.2) is 0 Å². The highest BCUT2D eigenvalue weighted by Crippen LogP contribution is 2.39. The summed E-state index contributed by atoms with van der Waals surface area (Å²) in [4.78, 5) is 23.4. The minimum absolute atomic E-state index is 0.108. The van der Waals surface area contributed by atoms with E-state index >= 15 is 0 Å². The predicted molar refractivity (Wildman–Crippen MR) is 63.9 cm³/mol. The lowest BCUT2D eigenvalue weighted by Crippen LogP contribution is -2.43. The number of ether oxygens (including phenoxy) is 1. The molecule has 0 radical (unpaired) electrons. The Labute approximate surface area is 102 Å². The van der Waals surface area contributed by atoms with Gasteiger partial charge in [-0.3, -0.25) is 9.59 Å². The highest BCUT2D eigenvalue weighted by Gasteiger charge is 2.47. The third-order valence-electron chi connectivity index (χ3n) is 3.91. The van der Waals surface area contributed by atoms with Crippen molar-refractivity contribution in [2.24, 2.45) is 5.41 Å². The molecule has 1 aliphatic carbocycles. The quantitative estimate of drug-likeness (QED) is 0.752. The average molecular weight is 242 g/mol. The molecule has 0 amide bonds. The van der Waals surface area contributed by atoms with E-state index in [0.717, 1.165) is 12.8 Å². The van der Waals surface area contributed by atoms with E-state index in [2.05, 4.69) is 0 Å². The minimum Gasteiger partial charge on any atom is -0.480 e. The Bertz CT molecular complexity index is 309. The Morgan fingerprint density at radius 1 is 1.47 bits per heavy atom. The maximum atomic E-state index is 11.9. The summed E-state index contributed by atoms with van der Waals surface area (Å²) in [5.74, 6) is -1.07. The van der Waals surface area contributed by atoms with Crippen molar-refractivity contribution in [1.29, 1.82) is 0 Å². The standard InChI is InChI=1S/C13H22O4/c1-12(2,17-3)8-9-13(11(15)16)7-5-4-6-10(13)14/h4-9H2,1-3H3,(H,15,16). The van der Waals surface area contributed by atoms with Crippen molar-refractivity contribution in [3.63, 3.8) is 0 Å². The number of carbonyl (C=O) groups is 2. The third-order valence-corrected chi connectivity index (χ3v) is 3.91. The molecule has 0 heterocycles. The first-order chi connectivity index (χ1) is 7.84. The highest BCUT2D eigenvalue weighted by atomic mass is 16.5. The highest BCUT2D eigenvalue weighted by molar-refractivity contribution is 6.03. The van der Waals surface area contributed by atoms with E-state index in [0.29, 0.717) is 25.7 Å². The first-order valence-electron chi connectivity index (χ1n) is 6.16. The summed E-state index contributed by atoms with van der Waals surface area (Å²) in [6, 6.07) is 0. The normalized spacial score (nSPS) is 25.9. The molecule has 0 saturated heterocycles. The second-order valence-corrected chi connectivity index (χ2v) is 5.48. The second-order valence-electron chi connectivity index (χ2n) is 5.48. The van der Waals surface area contributed by atoms with Gasteiger partial charge in [-0.15, -0.1) is 0 Å². The molecule has 1 N–H and O–H groups in total. The topological polar surface area (TPSA) is 63.6 Å². The van der Waals surface area contributed by atoms with Crippen LogP contribution in [0.25, 0.3) is 0 Å². The molecule has 98 valence electrons. The van der Waals surface area contributed by atoms with Gasteiger partial charge in [-0.25, -0.2) is 0 Å². The van der Waals surface area contributed by atoms with Crippen molar-refractivity contribution < 1.29 is 19.4 Å². The number of carboxylic acid groups (broad SMARTS) is 1. The first kappa shape index (κ1) is 14.2. The Kier molecular flexibility index (Phi) is 4.31. The SMILES string of the molecule is COC(C)(C)CCC1(C(=O)O)CCCCC1=O. The second kappa shape index (κ2) is 5.17. The molecule has 0 spiro atoms. The smallest absolute Gasteiger partial charge is 0.317 e. The molecule has 4 nitrogen and oxygen atoms in total. The Balaban J connectivity index is 2.79. The van der Waals surface area contributed by atoms with Gasteiger partial charge < -0.3 is 9.84 Å². The van der Waals surface area contributed by atoms with Crippen LogP contribution in [0.5, 0.6) is 0 Å². The van der Waals surface area contributed by atoms with Gasteiger partial charge in [0.05, 0.1) is 5.60 Å². The van der Waals surface area contributed by atoms with Gasteiger partial charge in [0.15, 0.2) is 0 Å². The lowest BCUT2D eigenvalue weighted by molar-refractivity contribution is -0.158. The van der Waals surface area contributed by atoms with Crippen molar-refractivity contribution in [3.8, 4) is 0 Å². The lowest BCUT2D eigenvalue weighted by atomic mass is 9.69. The van der Waals surface area contributed by atoms with Gasteiger partial charge in [0.25, 0.3) is 0 Å². The van der Waals surface area contributed by atoms with E-state index in [1.165, 1.54) is 0 Å². The number of rotatable bonds is 5. The van der Waals surface area contributed by atoms with E-state index in [4.69, 9.17) is 4.74 Å². The summed E-state index contributed by atoms with van der Waals surface area (Å²) in [5.41, 5.74) is -1.53. The van der Waals surface area contributed by atoms with E-state index in [-0.39, 0.29) is 11.4 Å². The van der Waals surface area contributed by atoms with Crippen LogP contribution >= 0.6 is 0 Å². The number of carboxylic acids is 1. The summed E-state index contributed by atoms with van der Waals surface area (Å²) in [7, 11) is 1.61. The largest absolute Gasteiger partial charge is 0.480 e. The fourth-order valence-electron chi connectivity index (χ4n) is 2.31. The lowest BCUT2D eigenvalue weighted by Gasteiger charge is -2.34. The Morgan fingerprint density at radius 3 is 2.59 bits per heavy atom.